The van der Waals surface area contributed by atoms with Crippen LogP contribution >= 0.6 is 0 Å². The van der Waals surface area contributed by atoms with Gasteiger partial charge >= 0.3 is 17.9 Å². The molecule has 0 aliphatic carbocycles. The van der Waals surface area contributed by atoms with E-state index in [1.165, 1.54) is 218 Å². The Balaban J connectivity index is 4.12. The maximum Gasteiger partial charge on any atom is 0.306 e. The molecule has 0 bridgehead atoms. The van der Waals surface area contributed by atoms with Crippen molar-refractivity contribution in [1.82, 2.24) is 0 Å². The standard InChI is InChI=1S/C59H114O6/c1-6-9-10-11-32-39-44-49-57(60)63-52-56(65-59(62)51-46-41-36-31-27-23-19-18-21-25-29-34-38-43-48-55(5)8-3)53-64-58(61)50-45-40-35-30-26-22-17-15-13-12-14-16-20-24-28-33-37-42-47-54(4)7-2/h54-56H,6-53H2,1-5H3/t54?,55?,56-/m1/s1. The third-order valence-corrected chi connectivity index (χ3v) is 14.2. The molecule has 0 rings (SSSR count). The van der Waals surface area contributed by atoms with Crippen molar-refractivity contribution in [3.63, 3.8) is 0 Å². The van der Waals surface area contributed by atoms with E-state index in [2.05, 4.69) is 34.6 Å². The van der Waals surface area contributed by atoms with Crippen LogP contribution in [-0.4, -0.2) is 37.2 Å². The van der Waals surface area contributed by atoms with E-state index in [1.54, 1.807) is 0 Å². The molecule has 0 saturated heterocycles. The highest BCUT2D eigenvalue weighted by atomic mass is 16.6. The molecule has 0 aromatic carbocycles. The molecule has 2 unspecified atom stereocenters. The van der Waals surface area contributed by atoms with Crippen molar-refractivity contribution < 1.29 is 28.6 Å². The molecule has 6 nitrogen and oxygen atoms in total. The smallest absolute Gasteiger partial charge is 0.306 e. The van der Waals surface area contributed by atoms with Crippen LogP contribution in [-0.2, 0) is 28.6 Å². The predicted octanol–water partition coefficient (Wildman–Crippen LogP) is 19.3. The van der Waals surface area contributed by atoms with Gasteiger partial charge in [-0.25, -0.2) is 0 Å². The third kappa shape index (κ3) is 50.1. The molecule has 3 atom stereocenters. The summed E-state index contributed by atoms with van der Waals surface area (Å²) in [5, 5.41) is 0. The molecule has 65 heavy (non-hydrogen) atoms. The summed E-state index contributed by atoms with van der Waals surface area (Å²) < 4.78 is 16.8. The Morgan fingerprint density at radius 1 is 0.308 bits per heavy atom. The molecular formula is C59H114O6. The number of hydrogen-bond donors (Lipinski definition) is 0. The lowest BCUT2D eigenvalue weighted by Gasteiger charge is -2.18. The fourth-order valence-corrected chi connectivity index (χ4v) is 8.99. The van der Waals surface area contributed by atoms with Gasteiger partial charge in [-0.2, -0.15) is 0 Å². The number of ether oxygens (including phenoxy) is 3. The summed E-state index contributed by atoms with van der Waals surface area (Å²) in [6, 6.07) is 0. The summed E-state index contributed by atoms with van der Waals surface area (Å²) >= 11 is 0. The van der Waals surface area contributed by atoms with E-state index in [-0.39, 0.29) is 31.1 Å². The highest BCUT2D eigenvalue weighted by Gasteiger charge is 2.19. The van der Waals surface area contributed by atoms with Gasteiger partial charge in [-0.15, -0.1) is 0 Å². The van der Waals surface area contributed by atoms with Crippen LogP contribution in [0.2, 0.25) is 0 Å². The second-order valence-corrected chi connectivity index (χ2v) is 20.8. The van der Waals surface area contributed by atoms with Gasteiger partial charge in [0.2, 0.25) is 0 Å². The minimum absolute atomic E-state index is 0.0631. The number of hydrogen-bond acceptors (Lipinski definition) is 6. The van der Waals surface area contributed by atoms with Gasteiger partial charge in [0.05, 0.1) is 0 Å². The van der Waals surface area contributed by atoms with Crippen LogP contribution in [0.1, 0.15) is 330 Å². The normalized spacial score (nSPS) is 12.9. The first-order chi connectivity index (χ1) is 31.8. The average Bonchev–Trinajstić information content (AvgIpc) is 3.30. The Kier molecular flexibility index (Phi) is 50.5. The predicted molar refractivity (Wildman–Crippen MR) is 280 cm³/mol. The van der Waals surface area contributed by atoms with Crippen LogP contribution in [0.5, 0.6) is 0 Å². The molecule has 386 valence electrons. The lowest BCUT2D eigenvalue weighted by molar-refractivity contribution is -0.167. The summed E-state index contributed by atoms with van der Waals surface area (Å²) in [5.74, 6) is 0.958. The maximum atomic E-state index is 12.8. The number of esters is 3. The molecule has 0 aromatic heterocycles. The van der Waals surface area contributed by atoms with E-state index >= 15 is 0 Å². The van der Waals surface area contributed by atoms with Crippen molar-refractivity contribution in [2.75, 3.05) is 13.2 Å². The van der Waals surface area contributed by atoms with Gasteiger partial charge in [0.15, 0.2) is 6.10 Å². The molecule has 0 heterocycles. The van der Waals surface area contributed by atoms with Crippen molar-refractivity contribution in [2.24, 2.45) is 11.8 Å². The first kappa shape index (κ1) is 63.4. The van der Waals surface area contributed by atoms with Gasteiger partial charge in [0.25, 0.3) is 0 Å². The highest BCUT2D eigenvalue weighted by Crippen LogP contribution is 2.19. The first-order valence-electron chi connectivity index (χ1n) is 29.3. The topological polar surface area (TPSA) is 78.9 Å². The highest BCUT2D eigenvalue weighted by molar-refractivity contribution is 5.71. The Morgan fingerprint density at radius 2 is 0.538 bits per heavy atom. The van der Waals surface area contributed by atoms with E-state index in [1.807, 2.05) is 0 Å². The zero-order valence-electron chi connectivity index (χ0n) is 44.6. The lowest BCUT2D eigenvalue weighted by Crippen LogP contribution is -2.30. The van der Waals surface area contributed by atoms with Gasteiger partial charge in [-0.05, 0) is 31.1 Å². The number of carbonyl (C=O) groups excluding carboxylic acids is 3. The average molecular weight is 920 g/mol. The first-order valence-corrected chi connectivity index (χ1v) is 29.3. The van der Waals surface area contributed by atoms with Gasteiger partial charge < -0.3 is 14.2 Å². The summed E-state index contributed by atoms with van der Waals surface area (Å²) in [6.45, 7) is 11.5. The summed E-state index contributed by atoms with van der Waals surface area (Å²) in [6.07, 6.45) is 55.3. The Morgan fingerprint density at radius 3 is 0.800 bits per heavy atom. The maximum absolute atomic E-state index is 12.8. The zero-order valence-corrected chi connectivity index (χ0v) is 44.6. The minimum atomic E-state index is -0.761. The SMILES string of the molecule is CCCCCCCCCC(=O)OC[C@H](COC(=O)CCCCCCCCCCCCCCCCCCCCC(C)CC)OC(=O)CCCCCCCCCCCCCCCCC(C)CC. The Labute approximate surface area is 406 Å². The molecule has 0 N–H and O–H groups in total. The molecule has 0 saturated carbocycles. The number of rotatable bonds is 53. The van der Waals surface area contributed by atoms with Crippen LogP contribution in [0.25, 0.3) is 0 Å². The molecule has 6 heteroatoms. The molecule has 0 aliphatic rings. The second-order valence-electron chi connectivity index (χ2n) is 20.8. The lowest BCUT2D eigenvalue weighted by atomic mass is 9.99. The van der Waals surface area contributed by atoms with Gasteiger partial charge in [0, 0.05) is 19.3 Å². The van der Waals surface area contributed by atoms with E-state index in [0.717, 1.165) is 69.6 Å². The largest absolute Gasteiger partial charge is 0.462 e. The van der Waals surface area contributed by atoms with Crippen molar-refractivity contribution >= 4 is 17.9 Å². The molecular weight excluding hydrogens is 805 g/mol. The number of carbonyl (C=O) groups is 3. The minimum Gasteiger partial charge on any atom is -0.462 e. The molecule has 0 spiro atoms. The van der Waals surface area contributed by atoms with Gasteiger partial charge in [0.1, 0.15) is 13.2 Å². The quantitative estimate of drug-likeness (QED) is 0.0344. The van der Waals surface area contributed by atoms with E-state index in [4.69, 9.17) is 14.2 Å². The van der Waals surface area contributed by atoms with Crippen LogP contribution in [0.4, 0.5) is 0 Å². The summed E-state index contributed by atoms with van der Waals surface area (Å²) in [7, 11) is 0. The fraction of sp³-hybridized carbons (Fsp3) is 0.949. The van der Waals surface area contributed by atoms with Crippen molar-refractivity contribution in [3.8, 4) is 0 Å². The van der Waals surface area contributed by atoms with Gasteiger partial charge in [-0.3, -0.25) is 14.4 Å². The van der Waals surface area contributed by atoms with Crippen molar-refractivity contribution in [1.29, 1.82) is 0 Å². The Hall–Kier alpha value is -1.59. The Bertz CT molecular complexity index is 997. The summed E-state index contributed by atoms with van der Waals surface area (Å²) in [5.41, 5.74) is 0. The van der Waals surface area contributed by atoms with Gasteiger partial charge in [-0.1, -0.05) is 291 Å². The molecule has 0 aromatic rings. The monoisotopic (exact) mass is 919 g/mol. The zero-order chi connectivity index (χ0) is 47.5. The van der Waals surface area contributed by atoms with E-state index in [9.17, 15) is 14.4 Å². The van der Waals surface area contributed by atoms with Crippen LogP contribution in [0, 0.1) is 11.8 Å². The van der Waals surface area contributed by atoms with Crippen LogP contribution < -0.4 is 0 Å². The molecule has 0 amide bonds. The fourth-order valence-electron chi connectivity index (χ4n) is 8.99. The number of unbranched alkanes of at least 4 members (excludes halogenated alkanes) is 36. The van der Waals surface area contributed by atoms with E-state index in [0.29, 0.717) is 19.3 Å². The molecule has 0 aliphatic heterocycles. The molecule has 0 radical (unpaired) electrons. The van der Waals surface area contributed by atoms with Crippen molar-refractivity contribution in [3.05, 3.63) is 0 Å². The van der Waals surface area contributed by atoms with Crippen molar-refractivity contribution in [2.45, 2.75) is 336 Å². The summed E-state index contributed by atoms with van der Waals surface area (Å²) in [4.78, 5) is 38.0. The van der Waals surface area contributed by atoms with Crippen LogP contribution in [0.3, 0.4) is 0 Å². The molecule has 0 fully saturated rings. The van der Waals surface area contributed by atoms with E-state index < -0.39 is 6.10 Å². The van der Waals surface area contributed by atoms with Crippen LogP contribution in [0.15, 0.2) is 0 Å². The second kappa shape index (κ2) is 51.8. The third-order valence-electron chi connectivity index (χ3n) is 14.2.